The van der Waals surface area contributed by atoms with Gasteiger partial charge in [0.05, 0.1) is 16.9 Å². The van der Waals surface area contributed by atoms with Crippen LogP contribution in [0.25, 0.3) is 0 Å². The monoisotopic (exact) mass is 267 g/mol. The summed E-state index contributed by atoms with van der Waals surface area (Å²) in [6, 6.07) is 0. The molecule has 0 radical (unpaired) electrons. The zero-order chi connectivity index (χ0) is 13.9. The summed E-state index contributed by atoms with van der Waals surface area (Å²) < 4.78 is 6.85. The van der Waals surface area contributed by atoms with E-state index in [0.717, 1.165) is 5.69 Å². The molecule has 6 nitrogen and oxygen atoms in total. The molecular weight excluding hydrogens is 246 g/mol. The van der Waals surface area contributed by atoms with E-state index >= 15 is 0 Å². The highest BCUT2D eigenvalue weighted by Gasteiger charge is 2.30. The molecule has 1 aliphatic rings. The first kappa shape index (κ1) is 14.0. The van der Waals surface area contributed by atoms with Crippen molar-refractivity contribution in [2.45, 2.75) is 31.8 Å². The second-order valence-electron chi connectivity index (χ2n) is 5.04. The third-order valence-corrected chi connectivity index (χ3v) is 3.49. The highest BCUT2D eigenvalue weighted by Crippen LogP contribution is 2.19. The number of amides is 1. The zero-order valence-electron chi connectivity index (χ0n) is 11.5. The lowest BCUT2D eigenvalue weighted by atomic mass is 9.94. The van der Waals surface area contributed by atoms with E-state index in [4.69, 9.17) is 4.74 Å². The Hall–Kier alpha value is -1.40. The van der Waals surface area contributed by atoms with E-state index in [1.54, 1.807) is 17.9 Å². The first-order valence-electron chi connectivity index (χ1n) is 6.65. The van der Waals surface area contributed by atoms with E-state index < -0.39 is 5.60 Å². The lowest BCUT2D eigenvalue weighted by molar-refractivity contribution is -0.0605. The molecule has 19 heavy (non-hydrogen) atoms. The lowest BCUT2D eigenvalue weighted by Gasteiger charge is -2.32. The second kappa shape index (κ2) is 5.71. The predicted molar refractivity (Wildman–Crippen MR) is 69.9 cm³/mol. The average Bonchev–Trinajstić information content (AvgIpc) is 2.78. The van der Waals surface area contributed by atoms with E-state index in [9.17, 15) is 9.90 Å². The first-order chi connectivity index (χ1) is 9.04. The molecule has 1 aliphatic heterocycles. The van der Waals surface area contributed by atoms with Crippen LogP contribution in [0.2, 0.25) is 0 Å². The Labute approximate surface area is 112 Å². The zero-order valence-corrected chi connectivity index (χ0v) is 11.5. The molecular formula is C13H21N3O3. The third-order valence-electron chi connectivity index (χ3n) is 3.49. The van der Waals surface area contributed by atoms with Gasteiger partial charge in [-0.15, -0.1) is 0 Å². The van der Waals surface area contributed by atoms with Gasteiger partial charge in [-0.3, -0.25) is 9.48 Å². The summed E-state index contributed by atoms with van der Waals surface area (Å²) in [7, 11) is 1.79. The van der Waals surface area contributed by atoms with Crippen molar-refractivity contribution in [1.82, 2.24) is 15.1 Å². The molecule has 0 bridgehead atoms. The van der Waals surface area contributed by atoms with Gasteiger partial charge in [0.2, 0.25) is 0 Å². The standard InChI is InChI=1S/C13H21N3O3/c1-3-11-10(8-16(2)15-11)12(17)14-9-13(18)4-6-19-7-5-13/h8,18H,3-7,9H2,1-2H3,(H,14,17). The highest BCUT2D eigenvalue weighted by atomic mass is 16.5. The van der Waals surface area contributed by atoms with Crippen molar-refractivity contribution in [2.75, 3.05) is 19.8 Å². The van der Waals surface area contributed by atoms with Gasteiger partial charge < -0.3 is 15.2 Å². The molecule has 1 saturated heterocycles. The van der Waals surface area contributed by atoms with E-state index in [-0.39, 0.29) is 12.5 Å². The van der Waals surface area contributed by atoms with Crippen molar-refractivity contribution < 1.29 is 14.6 Å². The summed E-state index contributed by atoms with van der Waals surface area (Å²) in [6.45, 7) is 3.30. The molecule has 2 rings (SSSR count). The number of aromatic nitrogens is 2. The maximum Gasteiger partial charge on any atom is 0.254 e. The van der Waals surface area contributed by atoms with Crippen molar-refractivity contribution in [3.8, 4) is 0 Å². The van der Waals surface area contributed by atoms with Crippen LogP contribution in [-0.4, -0.2) is 46.2 Å². The van der Waals surface area contributed by atoms with Crippen LogP contribution in [0.1, 0.15) is 35.8 Å². The topological polar surface area (TPSA) is 76.4 Å². The maximum absolute atomic E-state index is 12.1. The summed E-state index contributed by atoms with van der Waals surface area (Å²) in [5.41, 5.74) is 0.516. The number of rotatable bonds is 4. The quantitative estimate of drug-likeness (QED) is 0.820. The highest BCUT2D eigenvalue weighted by molar-refractivity contribution is 5.95. The minimum Gasteiger partial charge on any atom is -0.388 e. The SMILES string of the molecule is CCc1nn(C)cc1C(=O)NCC1(O)CCOCC1. The van der Waals surface area contributed by atoms with Gasteiger partial charge in [-0.1, -0.05) is 6.92 Å². The van der Waals surface area contributed by atoms with Gasteiger partial charge in [0.25, 0.3) is 5.91 Å². The fourth-order valence-electron chi connectivity index (χ4n) is 2.25. The molecule has 0 spiro atoms. The number of carbonyl (C=O) groups is 1. The van der Waals surface area contributed by atoms with E-state index in [1.807, 2.05) is 6.92 Å². The van der Waals surface area contributed by atoms with Crippen LogP contribution in [0.5, 0.6) is 0 Å². The summed E-state index contributed by atoms with van der Waals surface area (Å²) in [4.78, 5) is 12.1. The lowest BCUT2D eigenvalue weighted by Crippen LogP contribution is -2.46. The predicted octanol–water partition coefficient (Wildman–Crippen LogP) is 0.254. The third kappa shape index (κ3) is 3.33. The molecule has 1 aromatic heterocycles. The van der Waals surface area contributed by atoms with Crippen molar-refractivity contribution in [3.63, 3.8) is 0 Å². The van der Waals surface area contributed by atoms with E-state index in [1.165, 1.54) is 0 Å². The van der Waals surface area contributed by atoms with Gasteiger partial charge >= 0.3 is 0 Å². The van der Waals surface area contributed by atoms with Crippen molar-refractivity contribution in [3.05, 3.63) is 17.5 Å². The number of aryl methyl sites for hydroxylation is 2. The Bertz CT molecular complexity index is 450. The van der Waals surface area contributed by atoms with Crippen LogP contribution in [0, 0.1) is 0 Å². The smallest absolute Gasteiger partial charge is 0.254 e. The van der Waals surface area contributed by atoms with E-state index in [2.05, 4.69) is 10.4 Å². The van der Waals surface area contributed by atoms with Gasteiger partial charge in [-0.05, 0) is 6.42 Å². The summed E-state index contributed by atoms with van der Waals surface area (Å²) in [5, 5.41) is 17.3. The molecule has 0 aliphatic carbocycles. The van der Waals surface area contributed by atoms with Crippen LogP contribution in [0.4, 0.5) is 0 Å². The van der Waals surface area contributed by atoms with Crippen LogP contribution in [-0.2, 0) is 18.2 Å². The van der Waals surface area contributed by atoms with Gasteiger partial charge in [0.1, 0.15) is 0 Å². The Morgan fingerprint density at radius 1 is 1.58 bits per heavy atom. The molecule has 1 fully saturated rings. The van der Waals surface area contributed by atoms with E-state index in [0.29, 0.717) is 38.0 Å². The van der Waals surface area contributed by atoms with Crippen LogP contribution in [0.3, 0.4) is 0 Å². The number of nitrogens with one attached hydrogen (secondary N) is 1. The number of ether oxygens (including phenoxy) is 1. The molecule has 106 valence electrons. The van der Waals surface area contributed by atoms with Crippen LogP contribution >= 0.6 is 0 Å². The van der Waals surface area contributed by atoms with Gasteiger partial charge in [0.15, 0.2) is 0 Å². The van der Waals surface area contributed by atoms with Crippen LogP contribution in [0.15, 0.2) is 6.20 Å². The molecule has 1 amide bonds. The van der Waals surface area contributed by atoms with Crippen molar-refractivity contribution >= 4 is 5.91 Å². The number of nitrogens with zero attached hydrogens (tertiary/aromatic N) is 2. The Kier molecular flexibility index (Phi) is 4.21. The van der Waals surface area contributed by atoms with Crippen LogP contribution < -0.4 is 5.32 Å². The second-order valence-corrected chi connectivity index (χ2v) is 5.04. The number of hydrogen-bond donors (Lipinski definition) is 2. The fourth-order valence-corrected chi connectivity index (χ4v) is 2.25. The molecule has 1 aromatic rings. The number of aliphatic hydroxyl groups is 1. The Morgan fingerprint density at radius 2 is 2.26 bits per heavy atom. The molecule has 2 N–H and O–H groups in total. The Balaban J connectivity index is 1.97. The number of hydrogen-bond acceptors (Lipinski definition) is 4. The molecule has 0 atom stereocenters. The minimum absolute atomic E-state index is 0.176. The first-order valence-corrected chi connectivity index (χ1v) is 6.65. The fraction of sp³-hybridized carbons (Fsp3) is 0.692. The molecule has 6 heteroatoms. The molecule has 0 saturated carbocycles. The largest absolute Gasteiger partial charge is 0.388 e. The summed E-state index contributed by atoms with van der Waals surface area (Å²) >= 11 is 0. The van der Waals surface area contributed by atoms with Gasteiger partial charge in [-0.2, -0.15) is 5.10 Å². The summed E-state index contributed by atoms with van der Waals surface area (Å²) in [5.74, 6) is -0.176. The minimum atomic E-state index is -0.845. The summed E-state index contributed by atoms with van der Waals surface area (Å²) in [6.07, 6.45) is 3.53. The molecule has 2 heterocycles. The number of carbonyl (C=O) groups excluding carboxylic acids is 1. The van der Waals surface area contributed by atoms with Crippen molar-refractivity contribution in [1.29, 1.82) is 0 Å². The average molecular weight is 267 g/mol. The van der Waals surface area contributed by atoms with Gasteiger partial charge in [0, 0.05) is 45.8 Å². The Morgan fingerprint density at radius 3 is 2.89 bits per heavy atom. The van der Waals surface area contributed by atoms with Crippen molar-refractivity contribution in [2.24, 2.45) is 7.05 Å². The maximum atomic E-state index is 12.1. The normalized spacial score (nSPS) is 18.3. The molecule has 0 unspecified atom stereocenters. The van der Waals surface area contributed by atoms with Gasteiger partial charge in [-0.25, -0.2) is 0 Å². The molecule has 0 aromatic carbocycles.